The number of amides is 2. The zero-order valence-corrected chi connectivity index (χ0v) is 21.6. The first-order chi connectivity index (χ1) is 17.9. The number of carbonyl (C=O) groups is 3. The van der Waals surface area contributed by atoms with Crippen LogP contribution < -0.4 is 0 Å². The molecule has 0 bridgehead atoms. The van der Waals surface area contributed by atoms with Crippen LogP contribution in [0.3, 0.4) is 0 Å². The normalized spacial score (nSPS) is 13.7. The number of rotatable bonds is 7. The number of hydrogen-bond acceptors (Lipinski definition) is 4. The smallest absolute Gasteiger partial charge is 0.319 e. The van der Waals surface area contributed by atoms with E-state index in [-0.39, 0.29) is 11.1 Å². The Morgan fingerprint density at radius 3 is 2.30 bits per heavy atom. The minimum Gasteiger partial charge on any atom is -0.319 e. The Hall–Kier alpha value is -3.93. The van der Waals surface area contributed by atoms with Gasteiger partial charge in [-0.05, 0) is 73.8 Å². The Morgan fingerprint density at radius 1 is 0.946 bits per heavy atom. The van der Waals surface area contributed by atoms with E-state index in [4.69, 9.17) is 4.84 Å². The number of aldehydes is 1. The van der Waals surface area contributed by atoms with Crippen molar-refractivity contribution >= 4 is 18.3 Å². The second-order valence-corrected chi connectivity index (χ2v) is 9.82. The van der Waals surface area contributed by atoms with Gasteiger partial charge < -0.3 is 9.74 Å². The van der Waals surface area contributed by atoms with Crippen LogP contribution in [0.15, 0.2) is 72.8 Å². The molecule has 3 aromatic carbocycles. The first-order valence-electron chi connectivity index (χ1n) is 12.9. The lowest BCUT2D eigenvalue weighted by Gasteiger charge is -2.32. The molecule has 0 aromatic heterocycles. The van der Waals surface area contributed by atoms with Crippen LogP contribution in [0.2, 0.25) is 0 Å². The van der Waals surface area contributed by atoms with E-state index in [2.05, 4.69) is 31.2 Å². The van der Waals surface area contributed by atoms with Gasteiger partial charge in [0.25, 0.3) is 5.91 Å². The molecule has 192 valence electrons. The summed E-state index contributed by atoms with van der Waals surface area (Å²) in [5.41, 5.74) is 5.13. The molecule has 6 nitrogen and oxygen atoms in total. The van der Waals surface area contributed by atoms with Crippen LogP contribution in [0, 0.1) is 12.8 Å². The average molecular weight is 499 g/mol. The van der Waals surface area contributed by atoms with Crippen molar-refractivity contribution in [1.82, 2.24) is 9.96 Å². The Kier molecular flexibility index (Phi) is 8.72. The van der Waals surface area contributed by atoms with Crippen LogP contribution in [0.4, 0.5) is 4.79 Å². The fourth-order valence-electron chi connectivity index (χ4n) is 4.76. The summed E-state index contributed by atoms with van der Waals surface area (Å²) < 4.78 is 0. The van der Waals surface area contributed by atoms with Crippen molar-refractivity contribution < 1.29 is 19.2 Å². The third-order valence-corrected chi connectivity index (χ3v) is 7.06. The number of benzene rings is 3. The van der Waals surface area contributed by atoms with E-state index in [1.54, 1.807) is 17.0 Å². The number of likely N-dealkylation sites (tertiary alicyclic amines) is 1. The van der Waals surface area contributed by atoms with E-state index < -0.39 is 12.0 Å². The zero-order valence-electron chi connectivity index (χ0n) is 21.6. The molecule has 0 saturated carbocycles. The number of aryl methyl sites for hydroxylation is 2. The molecule has 1 aliphatic rings. The van der Waals surface area contributed by atoms with Crippen molar-refractivity contribution in [1.29, 1.82) is 0 Å². The highest BCUT2D eigenvalue weighted by atomic mass is 16.7. The van der Waals surface area contributed by atoms with E-state index in [0.29, 0.717) is 31.7 Å². The molecule has 1 saturated heterocycles. The predicted molar refractivity (Wildman–Crippen MR) is 143 cm³/mol. The number of hydroxylamine groups is 2. The highest BCUT2D eigenvalue weighted by Gasteiger charge is 2.27. The molecule has 1 heterocycles. The van der Waals surface area contributed by atoms with E-state index >= 15 is 0 Å². The Balaban J connectivity index is 1.28. The van der Waals surface area contributed by atoms with Gasteiger partial charge in [-0.2, -0.15) is 5.06 Å². The lowest BCUT2D eigenvalue weighted by molar-refractivity contribution is -0.0678. The summed E-state index contributed by atoms with van der Waals surface area (Å²) in [7, 11) is 1.40. The van der Waals surface area contributed by atoms with Gasteiger partial charge in [-0.25, -0.2) is 4.79 Å². The van der Waals surface area contributed by atoms with E-state index in [1.165, 1.54) is 18.2 Å². The van der Waals surface area contributed by atoms with Crippen LogP contribution in [-0.4, -0.2) is 48.4 Å². The minimum atomic E-state index is -0.541. The van der Waals surface area contributed by atoms with Crippen LogP contribution in [0.5, 0.6) is 0 Å². The van der Waals surface area contributed by atoms with Gasteiger partial charge in [0.1, 0.15) is 0 Å². The van der Waals surface area contributed by atoms with Crippen molar-refractivity contribution in [3.63, 3.8) is 0 Å². The molecule has 0 unspecified atom stereocenters. The minimum absolute atomic E-state index is 0.205. The van der Waals surface area contributed by atoms with E-state index in [9.17, 15) is 14.4 Å². The molecule has 6 heteroatoms. The standard InChI is InChI=1S/C31H34N2O4/c1-23-8-10-24(11-9-23)12-13-25-16-18-33(19-17-25)31(36)37-32(2)30(35)29-15-14-27(21-28(29)22-34)20-26-6-4-3-5-7-26/h3-11,14-15,21-22,25H,12-13,16-20H2,1-2H3. The largest absolute Gasteiger partial charge is 0.434 e. The van der Waals surface area contributed by atoms with Crippen molar-refractivity contribution in [3.05, 3.63) is 106 Å². The summed E-state index contributed by atoms with van der Waals surface area (Å²) in [6.07, 6.45) is 4.74. The van der Waals surface area contributed by atoms with Gasteiger partial charge in [0, 0.05) is 25.7 Å². The summed E-state index contributed by atoms with van der Waals surface area (Å²) in [6, 6.07) is 23.7. The highest BCUT2D eigenvalue weighted by molar-refractivity contribution is 6.01. The number of nitrogens with zero attached hydrogens (tertiary/aromatic N) is 2. The Morgan fingerprint density at radius 2 is 1.62 bits per heavy atom. The topological polar surface area (TPSA) is 66.9 Å². The van der Waals surface area contributed by atoms with Gasteiger partial charge in [-0.15, -0.1) is 0 Å². The third kappa shape index (κ3) is 7.06. The van der Waals surface area contributed by atoms with Gasteiger partial charge in [-0.3, -0.25) is 9.59 Å². The number of carbonyl (C=O) groups excluding carboxylic acids is 3. The van der Waals surface area contributed by atoms with Crippen molar-refractivity contribution in [2.24, 2.45) is 5.92 Å². The Bertz CT molecular complexity index is 1220. The van der Waals surface area contributed by atoms with Crippen LogP contribution in [0.25, 0.3) is 0 Å². The summed E-state index contributed by atoms with van der Waals surface area (Å²) in [5, 5.41) is 0.922. The molecular formula is C31H34N2O4. The molecule has 0 spiro atoms. The van der Waals surface area contributed by atoms with Crippen LogP contribution in [-0.2, 0) is 17.7 Å². The van der Waals surface area contributed by atoms with E-state index in [1.807, 2.05) is 36.4 Å². The molecule has 1 aliphatic heterocycles. The fourth-order valence-corrected chi connectivity index (χ4v) is 4.76. The quantitative estimate of drug-likeness (QED) is 0.302. The SMILES string of the molecule is Cc1ccc(CCC2CCN(C(=O)ON(C)C(=O)c3ccc(Cc4ccccc4)cc3C=O)CC2)cc1. The monoisotopic (exact) mass is 498 g/mol. The summed E-state index contributed by atoms with van der Waals surface area (Å²) in [6.45, 7) is 3.30. The van der Waals surface area contributed by atoms with Gasteiger partial charge >= 0.3 is 6.09 Å². The first kappa shape index (κ1) is 26.1. The molecule has 0 atom stereocenters. The molecule has 3 aromatic rings. The molecule has 0 aliphatic carbocycles. The van der Waals surface area contributed by atoms with Crippen molar-refractivity contribution in [2.45, 2.75) is 39.0 Å². The van der Waals surface area contributed by atoms with E-state index in [0.717, 1.165) is 41.9 Å². The fraction of sp³-hybridized carbons (Fsp3) is 0.323. The van der Waals surface area contributed by atoms with Gasteiger partial charge in [-0.1, -0.05) is 66.2 Å². The second kappa shape index (κ2) is 12.3. The molecule has 2 amide bonds. The molecule has 1 fully saturated rings. The number of piperidine rings is 1. The average Bonchev–Trinajstić information content (AvgIpc) is 2.93. The second-order valence-electron chi connectivity index (χ2n) is 9.82. The molecule has 4 rings (SSSR count). The molecule has 0 radical (unpaired) electrons. The van der Waals surface area contributed by atoms with Crippen LogP contribution in [0.1, 0.15) is 62.2 Å². The van der Waals surface area contributed by atoms with Gasteiger partial charge in [0.05, 0.1) is 5.56 Å². The summed E-state index contributed by atoms with van der Waals surface area (Å²) in [4.78, 5) is 44.4. The highest BCUT2D eigenvalue weighted by Crippen LogP contribution is 2.23. The molecular weight excluding hydrogens is 464 g/mol. The maximum atomic E-state index is 13.0. The number of hydrogen-bond donors (Lipinski definition) is 0. The van der Waals surface area contributed by atoms with Gasteiger partial charge in [0.15, 0.2) is 6.29 Å². The predicted octanol–water partition coefficient (Wildman–Crippen LogP) is 5.87. The third-order valence-electron chi connectivity index (χ3n) is 7.06. The molecule has 0 N–H and O–H groups in total. The zero-order chi connectivity index (χ0) is 26.2. The summed E-state index contributed by atoms with van der Waals surface area (Å²) in [5.74, 6) is 0.0314. The molecule has 37 heavy (non-hydrogen) atoms. The maximum Gasteiger partial charge on any atom is 0.434 e. The lowest BCUT2D eigenvalue weighted by Crippen LogP contribution is -2.42. The summed E-state index contributed by atoms with van der Waals surface area (Å²) >= 11 is 0. The van der Waals surface area contributed by atoms with Crippen molar-refractivity contribution in [3.8, 4) is 0 Å². The van der Waals surface area contributed by atoms with Gasteiger partial charge in [0.2, 0.25) is 0 Å². The lowest BCUT2D eigenvalue weighted by atomic mass is 9.90. The van der Waals surface area contributed by atoms with Crippen LogP contribution >= 0.6 is 0 Å². The first-order valence-corrected chi connectivity index (χ1v) is 12.9. The maximum absolute atomic E-state index is 13.0. The van der Waals surface area contributed by atoms with Crippen molar-refractivity contribution in [2.75, 3.05) is 20.1 Å². The Labute approximate surface area is 218 Å².